The van der Waals surface area contributed by atoms with Crippen LogP contribution in [0.2, 0.25) is 0 Å². The Hall–Kier alpha value is -0.0100. The van der Waals surface area contributed by atoms with Crippen LogP contribution in [0, 0.1) is 5.82 Å². The van der Waals surface area contributed by atoms with Crippen molar-refractivity contribution in [2.45, 2.75) is 37.9 Å². The van der Waals surface area contributed by atoms with Crippen molar-refractivity contribution in [3.8, 4) is 5.75 Å². The molecule has 0 amide bonds. The zero-order valence-electron chi connectivity index (χ0n) is 9.27. The molecule has 1 aliphatic carbocycles. The first kappa shape index (κ1) is 13.4. The fourth-order valence-electron chi connectivity index (χ4n) is 2.00. The van der Waals surface area contributed by atoms with E-state index in [1.807, 2.05) is 0 Å². The predicted octanol–water partition coefficient (Wildman–Crippen LogP) is 4.53. The van der Waals surface area contributed by atoms with E-state index in [0.717, 1.165) is 31.4 Å². The smallest absolute Gasteiger partial charge is 0.123 e. The summed E-state index contributed by atoms with van der Waals surface area (Å²) in [5, 5.41) is 0. The summed E-state index contributed by atoms with van der Waals surface area (Å²) in [6.45, 7) is 0. The minimum absolute atomic E-state index is 0.228. The molecule has 1 aromatic carbocycles. The lowest BCUT2D eigenvalue weighted by Gasteiger charge is -2.27. The normalized spacial score (nSPS) is 24.6. The summed E-state index contributed by atoms with van der Waals surface area (Å²) >= 11 is 2.14. The Labute approximate surface area is 117 Å². The van der Waals surface area contributed by atoms with E-state index in [0.29, 0.717) is 6.10 Å². The van der Waals surface area contributed by atoms with Crippen molar-refractivity contribution in [2.75, 3.05) is 0 Å². The maximum absolute atomic E-state index is 12.7. The lowest BCUT2D eigenvalue weighted by atomic mass is 9.95. The maximum atomic E-state index is 12.7. The van der Waals surface area contributed by atoms with Crippen LogP contribution in [0.1, 0.15) is 25.7 Å². The lowest BCUT2D eigenvalue weighted by Crippen LogP contribution is -2.27. The van der Waals surface area contributed by atoms with Gasteiger partial charge in [-0.05, 0) is 49.9 Å². The Kier molecular flexibility index (Phi) is 5.37. The molecule has 1 aromatic rings. The first-order valence-corrected chi connectivity index (χ1v) is 8.92. The van der Waals surface area contributed by atoms with Crippen molar-refractivity contribution in [2.24, 2.45) is 0 Å². The van der Waals surface area contributed by atoms with Crippen molar-refractivity contribution >= 4 is 30.4 Å². The third kappa shape index (κ3) is 4.30. The summed E-state index contributed by atoms with van der Waals surface area (Å²) in [5.41, 5.74) is 0. The Morgan fingerprint density at radius 1 is 1.06 bits per heavy atom. The van der Waals surface area contributed by atoms with Crippen LogP contribution in [0.25, 0.3) is 0 Å². The molecule has 94 valence electrons. The van der Waals surface area contributed by atoms with Crippen LogP contribution in [0.4, 0.5) is 4.39 Å². The molecule has 0 atom stereocenters. The maximum Gasteiger partial charge on any atom is 0.123 e. The van der Waals surface area contributed by atoms with E-state index in [9.17, 15) is 4.39 Å². The van der Waals surface area contributed by atoms with E-state index in [2.05, 4.69) is 21.2 Å². The second-order valence-corrected chi connectivity index (χ2v) is 5.53. The average Bonchev–Trinajstić information content (AvgIpc) is 2.35. The van der Waals surface area contributed by atoms with Gasteiger partial charge in [0.1, 0.15) is 11.6 Å². The number of hydrogen-bond donors (Lipinski definition) is 0. The molecule has 2 rings (SSSR count). The van der Waals surface area contributed by atoms with Gasteiger partial charge in [-0.25, -0.2) is 4.39 Å². The van der Waals surface area contributed by atoms with Gasteiger partial charge in [-0.15, -0.1) is 0 Å². The van der Waals surface area contributed by atoms with Crippen LogP contribution >= 0.6 is 30.4 Å². The molecule has 5 heteroatoms. The van der Waals surface area contributed by atoms with Crippen molar-refractivity contribution in [1.82, 2.24) is 0 Å². The molecule has 1 fully saturated rings. The highest BCUT2D eigenvalue weighted by atomic mass is 127. The summed E-state index contributed by atoms with van der Waals surface area (Å²) in [7, 11) is 1.40. The van der Waals surface area contributed by atoms with Crippen LogP contribution in [0.3, 0.4) is 0 Å². The Balaban J connectivity index is 1.79. The first-order chi connectivity index (χ1) is 8.28. The van der Waals surface area contributed by atoms with Crippen LogP contribution in [0.5, 0.6) is 5.75 Å². The molecule has 0 spiro atoms. The van der Waals surface area contributed by atoms with E-state index in [1.165, 1.54) is 21.3 Å². The molecule has 0 heterocycles. The molecule has 0 radical (unpaired) electrons. The minimum atomic E-state index is -0.228. The predicted molar refractivity (Wildman–Crippen MR) is 75.8 cm³/mol. The molecule has 0 saturated heterocycles. The summed E-state index contributed by atoms with van der Waals surface area (Å²) in [6, 6.07) is 6.21. The van der Waals surface area contributed by atoms with Crippen LogP contribution in [-0.2, 0) is 4.18 Å². The van der Waals surface area contributed by atoms with Crippen LogP contribution in [0.15, 0.2) is 24.3 Å². The fourth-order valence-corrected chi connectivity index (χ4v) is 3.18. The molecule has 1 saturated carbocycles. The van der Waals surface area contributed by atoms with E-state index in [-0.39, 0.29) is 11.9 Å². The van der Waals surface area contributed by atoms with Gasteiger partial charge in [-0.2, -0.15) is 0 Å². The van der Waals surface area contributed by atoms with Gasteiger partial charge in [0.15, 0.2) is 0 Å². The van der Waals surface area contributed by atoms with Crippen LogP contribution < -0.4 is 4.74 Å². The zero-order chi connectivity index (χ0) is 12.1. The molecule has 2 nitrogen and oxygen atoms in total. The molecule has 1 aliphatic rings. The van der Waals surface area contributed by atoms with E-state index < -0.39 is 0 Å². The Bertz CT molecular complexity index is 339. The number of rotatable bonds is 4. The molecular weight excluding hydrogens is 354 g/mol. The van der Waals surface area contributed by atoms with Gasteiger partial charge in [0, 0.05) is 21.2 Å². The Morgan fingerprint density at radius 3 is 2.24 bits per heavy atom. The molecule has 0 aliphatic heterocycles. The molecule has 0 unspecified atom stereocenters. The molecule has 0 aromatic heterocycles. The molecule has 17 heavy (non-hydrogen) atoms. The van der Waals surface area contributed by atoms with E-state index in [4.69, 9.17) is 8.92 Å². The SMILES string of the molecule is Fc1ccc(OC2CCC(OSI)CC2)cc1. The average molecular weight is 368 g/mol. The van der Waals surface area contributed by atoms with Gasteiger partial charge in [0.05, 0.1) is 21.4 Å². The Morgan fingerprint density at radius 2 is 1.65 bits per heavy atom. The van der Waals surface area contributed by atoms with Crippen LogP contribution in [-0.4, -0.2) is 12.2 Å². The van der Waals surface area contributed by atoms with E-state index in [1.54, 1.807) is 12.1 Å². The number of ether oxygens (including phenoxy) is 1. The largest absolute Gasteiger partial charge is 0.490 e. The first-order valence-electron chi connectivity index (χ1n) is 5.64. The van der Waals surface area contributed by atoms with Crippen molar-refractivity contribution in [3.05, 3.63) is 30.1 Å². The topological polar surface area (TPSA) is 18.5 Å². The third-order valence-electron chi connectivity index (χ3n) is 2.91. The monoisotopic (exact) mass is 368 g/mol. The quantitative estimate of drug-likeness (QED) is 0.575. The zero-order valence-corrected chi connectivity index (χ0v) is 12.2. The summed E-state index contributed by atoms with van der Waals surface area (Å²) < 4.78 is 24.0. The second kappa shape index (κ2) is 6.80. The second-order valence-electron chi connectivity index (χ2n) is 4.13. The van der Waals surface area contributed by atoms with Gasteiger partial charge >= 0.3 is 0 Å². The third-order valence-corrected chi connectivity index (χ3v) is 3.88. The molecule has 0 bridgehead atoms. The standard InChI is InChI=1S/C12H14FIO2S/c13-9-1-3-10(4-2-9)15-11-5-7-12(8-6-11)16-17-14/h1-4,11-12H,5-8H2. The van der Waals surface area contributed by atoms with Gasteiger partial charge in [-0.1, -0.05) is 0 Å². The summed E-state index contributed by atoms with van der Waals surface area (Å²) in [4.78, 5) is 0. The van der Waals surface area contributed by atoms with Crippen molar-refractivity contribution < 1.29 is 13.3 Å². The van der Waals surface area contributed by atoms with Gasteiger partial charge in [0.25, 0.3) is 0 Å². The minimum Gasteiger partial charge on any atom is -0.490 e. The lowest BCUT2D eigenvalue weighted by molar-refractivity contribution is 0.0935. The number of halogens is 2. The highest BCUT2D eigenvalue weighted by Gasteiger charge is 2.23. The van der Waals surface area contributed by atoms with Gasteiger partial charge in [0.2, 0.25) is 0 Å². The van der Waals surface area contributed by atoms with Gasteiger partial charge < -0.3 is 8.92 Å². The number of hydrogen-bond acceptors (Lipinski definition) is 3. The highest BCUT2D eigenvalue weighted by molar-refractivity contribution is 14.2. The van der Waals surface area contributed by atoms with Crippen molar-refractivity contribution in [3.63, 3.8) is 0 Å². The molecule has 0 N–H and O–H groups in total. The summed E-state index contributed by atoms with van der Waals surface area (Å²) in [6.07, 6.45) is 4.65. The van der Waals surface area contributed by atoms with Crippen molar-refractivity contribution in [1.29, 1.82) is 0 Å². The fraction of sp³-hybridized carbons (Fsp3) is 0.500. The molecular formula is C12H14FIO2S. The van der Waals surface area contributed by atoms with E-state index >= 15 is 0 Å². The highest BCUT2D eigenvalue weighted by Crippen LogP contribution is 2.29. The van der Waals surface area contributed by atoms with Gasteiger partial charge in [-0.3, -0.25) is 0 Å². The number of benzene rings is 1. The summed E-state index contributed by atoms with van der Waals surface area (Å²) in [5.74, 6) is 0.521.